The van der Waals surface area contributed by atoms with Crippen molar-refractivity contribution in [1.29, 1.82) is 0 Å². The molecule has 0 radical (unpaired) electrons. The molecule has 1 unspecified atom stereocenters. The van der Waals surface area contributed by atoms with E-state index in [4.69, 9.17) is 10.7 Å². The lowest BCUT2D eigenvalue weighted by Gasteiger charge is -2.37. The Morgan fingerprint density at radius 1 is 1.09 bits per heavy atom. The Morgan fingerprint density at radius 2 is 1.82 bits per heavy atom. The smallest absolute Gasteiger partial charge is 0.243 e. The molecule has 7 heteroatoms. The van der Waals surface area contributed by atoms with E-state index in [2.05, 4.69) is 35.0 Å². The molecule has 0 spiro atoms. The summed E-state index contributed by atoms with van der Waals surface area (Å²) in [6.07, 6.45) is 10.1. The molecule has 2 aromatic rings. The van der Waals surface area contributed by atoms with Crippen LogP contribution >= 0.6 is 0 Å². The Hall–Kier alpha value is -2.67. The van der Waals surface area contributed by atoms with Gasteiger partial charge in [0, 0.05) is 31.0 Å². The van der Waals surface area contributed by atoms with Crippen molar-refractivity contribution in [3.8, 4) is 0 Å². The van der Waals surface area contributed by atoms with Gasteiger partial charge in [-0.25, -0.2) is 4.98 Å². The summed E-state index contributed by atoms with van der Waals surface area (Å²) in [6, 6.07) is 8.26. The van der Waals surface area contributed by atoms with Crippen LogP contribution < -0.4 is 11.1 Å². The van der Waals surface area contributed by atoms with Crippen molar-refractivity contribution >= 4 is 11.8 Å². The van der Waals surface area contributed by atoms with E-state index < -0.39 is 6.04 Å². The van der Waals surface area contributed by atoms with Crippen molar-refractivity contribution < 1.29 is 9.59 Å². The van der Waals surface area contributed by atoms with Gasteiger partial charge in [-0.2, -0.15) is 0 Å². The average Bonchev–Trinajstić information content (AvgIpc) is 3.51. The molecule has 2 saturated carbocycles. The minimum absolute atomic E-state index is 0.0362. The largest absolute Gasteiger partial charge is 0.352 e. The van der Waals surface area contributed by atoms with E-state index in [1.54, 1.807) is 0 Å². The number of benzene rings is 1. The summed E-state index contributed by atoms with van der Waals surface area (Å²) in [5.41, 5.74) is 10.5. The summed E-state index contributed by atoms with van der Waals surface area (Å²) in [4.78, 5) is 33.6. The fraction of sp³-hybridized carbons (Fsp3) is 0.593. The van der Waals surface area contributed by atoms with Crippen LogP contribution in [0.1, 0.15) is 73.9 Å². The van der Waals surface area contributed by atoms with Crippen molar-refractivity contribution in [3.63, 3.8) is 0 Å². The molecule has 0 saturated heterocycles. The number of nitrogens with zero attached hydrogens (tertiary/aromatic N) is 3. The number of nitrogens with one attached hydrogen (secondary N) is 1. The van der Waals surface area contributed by atoms with Crippen LogP contribution in [-0.4, -0.2) is 44.4 Å². The second kappa shape index (κ2) is 9.90. The van der Waals surface area contributed by atoms with Gasteiger partial charge in [0.05, 0.1) is 24.3 Å². The molecule has 1 aliphatic heterocycles. The molecule has 1 aromatic carbocycles. The number of imidazole rings is 1. The summed E-state index contributed by atoms with van der Waals surface area (Å²) in [5.74, 6) is 0.140. The van der Waals surface area contributed by atoms with Crippen LogP contribution in [0.25, 0.3) is 0 Å². The standard InChI is InChI=1S/C27H37N5O2/c1-18-6-2-3-9-20(18)15-31-17-29-23-14-24(26(33)30-22-12-10-21(28)11-13-22)32(16-25(23)31)27(34)19-7-4-5-8-19/h2-3,6,9,17,19,21-22,24H,4-5,7-8,10-16,28H2,1H3,(H,30,33). The molecule has 34 heavy (non-hydrogen) atoms. The molecule has 2 aliphatic carbocycles. The van der Waals surface area contributed by atoms with Gasteiger partial charge in [0.2, 0.25) is 11.8 Å². The predicted octanol–water partition coefficient (Wildman–Crippen LogP) is 3.07. The third kappa shape index (κ3) is 4.76. The molecule has 3 aliphatic rings. The molecule has 0 bridgehead atoms. The first-order valence-corrected chi connectivity index (χ1v) is 12.9. The van der Waals surface area contributed by atoms with Crippen LogP contribution in [0.2, 0.25) is 0 Å². The topological polar surface area (TPSA) is 93.2 Å². The van der Waals surface area contributed by atoms with Gasteiger partial charge in [-0.1, -0.05) is 37.1 Å². The van der Waals surface area contributed by atoms with Crippen LogP contribution in [-0.2, 0) is 29.1 Å². The summed E-state index contributed by atoms with van der Waals surface area (Å²) >= 11 is 0. The third-order valence-corrected chi connectivity index (χ3v) is 8.13. The Kier molecular flexibility index (Phi) is 6.73. The van der Waals surface area contributed by atoms with E-state index in [-0.39, 0.29) is 29.8 Å². The average molecular weight is 464 g/mol. The third-order valence-electron chi connectivity index (χ3n) is 8.13. The Balaban J connectivity index is 1.38. The highest BCUT2D eigenvalue weighted by Gasteiger charge is 2.40. The molecule has 2 heterocycles. The first-order valence-electron chi connectivity index (χ1n) is 12.9. The van der Waals surface area contributed by atoms with Gasteiger partial charge in [-0.3, -0.25) is 9.59 Å². The highest BCUT2D eigenvalue weighted by Crippen LogP contribution is 2.31. The number of carbonyl (C=O) groups is 2. The number of hydrogen-bond donors (Lipinski definition) is 2. The molecule has 3 N–H and O–H groups in total. The molecule has 7 nitrogen and oxygen atoms in total. The summed E-state index contributed by atoms with van der Waals surface area (Å²) in [7, 11) is 0. The Morgan fingerprint density at radius 3 is 2.56 bits per heavy atom. The fourth-order valence-electron chi connectivity index (χ4n) is 5.91. The van der Waals surface area contributed by atoms with Gasteiger partial charge in [0.1, 0.15) is 6.04 Å². The minimum atomic E-state index is -0.488. The number of amides is 2. The van der Waals surface area contributed by atoms with Crippen molar-refractivity contribution in [2.75, 3.05) is 0 Å². The number of hydrogen-bond acceptors (Lipinski definition) is 4. The second-order valence-corrected chi connectivity index (χ2v) is 10.5. The lowest BCUT2D eigenvalue weighted by atomic mass is 9.91. The van der Waals surface area contributed by atoms with Crippen LogP contribution in [0.15, 0.2) is 30.6 Å². The first-order chi connectivity index (χ1) is 16.5. The van der Waals surface area contributed by atoms with Gasteiger partial charge in [0.25, 0.3) is 0 Å². The number of rotatable bonds is 5. The predicted molar refractivity (Wildman–Crippen MR) is 131 cm³/mol. The number of nitrogens with two attached hydrogens (primary N) is 1. The van der Waals surface area contributed by atoms with Gasteiger partial charge in [-0.15, -0.1) is 0 Å². The van der Waals surface area contributed by atoms with E-state index in [9.17, 15) is 9.59 Å². The zero-order chi connectivity index (χ0) is 23.7. The van der Waals surface area contributed by atoms with Crippen LogP contribution in [0.4, 0.5) is 0 Å². The van der Waals surface area contributed by atoms with E-state index in [1.807, 2.05) is 17.3 Å². The highest BCUT2D eigenvalue weighted by atomic mass is 16.2. The molecule has 1 aromatic heterocycles. The van der Waals surface area contributed by atoms with Gasteiger partial charge < -0.3 is 20.5 Å². The monoisotopic (exact) mass is 463 g/mol. The lowest BCUT2D eigenvalue weighted by Crippen LogP contribution is -2.56. The van der Waals surface area contributed by atoms with E-state index in [0.29, 0.717) is 13.0 Å². The van der Waals surface area contributed by atoms with Crippen molar-refractivity contribution in [2.45, 2.75) is 95.9 Å². The number of aromatic nitrogens is 2. The van der Waals surface area contributed by atoms with Crippen LogP contribution in [0, 0.1) is 12.8 Å². The lowest BCUT2D eigenvalue weighted by molar-refractivity contribution is -0.145. The summed E-state index contributed by atoms with van der Waals surface area (Å²) < 4.78 is 2.16. The molecule has 182 valence electrons. The number of aryl methyl sites for hydroxylation is 1. The number of fused-ring (bicyclic) bond motifs is 1. The van der Waals surface area contributed by atoms with E-state index >= 15 is 0 Å². The van der Waals surface area contributed by atoms with Crippen molar-refractivity contribution in [3.05, 3.63) is 53.1 Å². The first kappa shape index (κ1) is 23.1. The van der Waals surface area contributed by atoms with E-state index in [1.165, 1.54) is 11.1 Å². The summed E-state index contributed by atoms with van der Waals surface area (Å²) in [5, 5.41) is 3.25. The Bertz CT molecular complexity index is 1030. The summed E-state index contributed by atoms with van der Waals surface area (Å²) in [6.45, 7) is 3.29. The molecular formula is C27H37N5O2. The second-order valence-electron chi connectivity index (χ2n) is 10.5. The van der Waals surface area contributed by atoms with Gasteiger partial charge in [-0.05, 0) is 56.6 Å². The molecular weight excluding hydrogens is 426 g/mol. The van der Waals surface area contributed by atoms with E-state index in [0.717, 1.165) is 69.3 Å². The zero-order valence-electron chi connectivity index (χ0n) is 20.2. The minimum Gasteiger partial charge on any atom is -0.352 e. The maximum absolute atomic E-state index is 13.6. The van der Waals surface area contributed by atoms with Crippen molar-refractivity contribution in [2.24, 2.45) is 11.7 Å². The molecule has 1 atom stereocenters. The SMILES string of the molecule is Cc1ccccc1Cn1cnc2c1CN(C(=O)C1CCCC1)C(C(=O)NC1CCC(N)CC1)C2. The molecule has 5 rings (SSSR count). The van der Waals surface area contributed by atoms with Crippen molar-refractivity contribution in [1.82, 2.24) is 19.8 Å². The molecule has 2 fully saturated rings. The van der Waals surface area contributed by atoms with Gasteiger partial charge >= 0.3 is 0 Å². The fourth-order valence-corrected chi connectivity index (χ4v) is 5.91. The zero-order valence-corrected chi connectivity index (χ0v) is 20.2. The van der Waals surface area contributed by atoms with Crippen LogP contribution in [0.5, 0.6) is 0 Å². The molecule has 2 amide bonds. The quantitative estimate of drug-likeness (QED) is 0.713. The maximum Gasteiger partial charge on any atom is 0.243 e. The normalized spacial score (nSPS) is 25.2. The Labute approximate surface area is 202 Å². The van der Waals surface area contributed by atoms with Gasteiger partial charge in [0.15, 0.2) is 0 Å². The maximum atomic E-state index is 13.6. The number of carbonyl (C=O) groups excluding carboxylic acids is 2. The van der Waals surface area contributed by atoms with Crippen LogP contribution in [0.3, 0.4) is 0 Å². The highest BCUT2D eigenvalue weighted by molar-refractivity contribution is 5.89.